The lowest BCUT2D eigenvalue weighted by molar-refractivity contribution is -0.130. The van der Waals surface area contributed by atoms with E-state index in [1.165, 1.54) is 6.92 Å². The third kappa shape index (κ3) is 7.56. The van der Waals surface area contributed by atoms with Gasteiger partial charge in [0.2, 0.25) is 11.8 Å². The summed E-state index contributed by atoms with van der Waals surface area (Å²) >= 11 is 0. The Kier molecular flexibility index (Phi) is 7.98. The molecule has 0 saturated heterocycles. The monoisotopic (exact) mass is 271 g/mol. The van der Waals surface area contributed by atoms with Crippen LogP contribution in [0.2, 0.25) is 0 Å². The van der Waals surface area contributed by atoms with Gasteiger partial charge in [-0.15, -0.1) is 0 Å². The van der Waals surface area contributed by atoms with E-state index < -0.39 is 12.1 Å². The molecule has 0 rings (SSSR count). The normalized spacial score (nSPS) is 13.8. The van der Waals surface area contributed by atoms with Gasteiger partial charge in [-0.3, -0.25) is 14.4 Å². The first-order chi connectivity index (χ1) is 8.77. The fourth-order valence-electron chi connectivity index (χ4n) is 1.50. The minimum Gasteiger partial charge on any atom is -0.347 e. The highest BCUT2D eigenvalue weighted by Gasteiger charge is 2.23. The number of nitrogens with one attached hydrogen (secondary N) is 2. The van der Waals surface area contributed by atoms with Crippen LogP contribution in [-0.4, -0.2) is 36.2 Å². The lowest BCUT2D eigenvalue weighted by Gasteiger charge is -2.21. The first-order valence-electron chi connectivity index (χ1n) is 6.61. The first kappa shape index (κ1) is 17.6. The Balaban J connectivity index is 4.57. The van der Waals surface area contributed by atoms with Gasteiger partial charge in [0.15, 0.2) is 0 Å². The summed E-state index contributed by atoms with van der Waals surface area (Å²) in [5.74, 6) is -0.578. The maximum atomic E-state index is 11.9. The maximum absolute atomic E-state index is 11.9. The molecule has 0 spiro atoms. The minimum absolute atomic E-state index is 0.0247. The number of carbonyl (C=O) groups is 3. The zero-order chi connectivity index (χ0) is 15.0. The third-order valence-electron chi connectivity index (χ3n) is 2.63. The molecule has 6 heteroatoms. The summed E-state index contributed by atoms with van der Waals surface area (Å²) in [5.41, 5.74) is 5.62. The van der Waals surface area contributed by atoms with Crippen LogP contribution in [0.4, 0.5) is 0 Å². The molecule has 0 aliphatic rings. The summed E-state index contributed by atoms with van der Waals surface area (Å²) in [6.07, 6.45) is 1.02. The molecule has 6 nitrogen and oxygen atoms in total. The second-order valence-electron chi connectivity index (χ2n) is 5.13. The molecule has 0 aromatic heterocycles. The number of hydrogen-bond donors (Lipinski definition) is 3. The third-order valence-corrected chi connectivity index (χ3v) is 2.63. The Morgan fingerprint density at radius 3 is 2.16 bits per heavy atom. The summed E-state index contributed by atoms with van der Waals surface area (Å²) in [6, 6.07) is -1.26. The summed E-state index contributed by atoms with van der Waals surface area (Å²) in [5, 5.41) is 5.14. The Hall–Kier alpha value is -1.43. The lowest BCUT2D eigenvalue weighted by atomic mass is 10.0. The SMILES string of the molecule is CC[C@H](N)C(=O)N[C@@H](CC(C)C)C(=O)NCC(C)=O. The highest BCUT2D eigenvalue weighted by Crippen LogP contribution is 2.05. The van der Waals surface area contributed by atoms with Crippen molar-refractivity contribution in [2.24, 2.45) is 11.7 Å². The average molecular weight is 271 g/mol. The largest absolute Gasteiger partial charge is 0.347 e. The van der Waals surface area contributed by atoms with Gasteiger partial charge in [0, 0.05) is 0 Å². The molecular formula is C13H25N3O3. The van der Waals surface area contributed by atoms with Crippen LogP contribution in [0.3, 0.4) is 0 Å². The molecule has 4 N–H and O–H groups in total. The molecule has 0 heterocycles. The fourth-order valence-corrected chi connectivity index (χ4v) is 1.50. The van der Waals surface area contributed by atoms with Crippen molar-refractivity contribution in [3.8, 4) is 0 Å². The van der Waals surface area contributed by atoms with Gasteiger partial charge in [0.1, 0.15) is 11.8 Å². The van der Waals surface area contributed by atoms with Gasteiger partial charge in [0.25, 0.3) is 0 Å². The van der Waals surface area contributed by atoms with Gasteiger partial charge in [-0.2, -0.15) is 0 Å². The van der Waals surface area contributed by atoms with Gasteiger partial charge in [-0.25, -0.2) is 0 Å². The molecule has 0 saturated carbocycles. The van der Waals surface area contributed by atoms with E-state index in [0.717, 1.165) is 0 Å². The maximum Gasteiger partial charge on any atom is 0.242 e. The average Bonchev–Trinajstić information content (AvgIpc) is 2.33. The molecule has 19 heavy (non-hydrogen) atoms. The van der Waals surface area contributed by atoms with E-state index in [0.29, 0.717) is 12.8 Å². The molecule has 0 aliphatic carbocycles. The van der Waals surface area contributed by atoms with Gasteiger partial charge in [0.05, 0.1) is 12.6 Å². The molecule has 0 radical (unpaired) electrons. The highest BCUT2D eigenvalue weighted by atomic mass is 16.2. The molecular weight excluding hydrogens is 246 g/mol. The summed E-state index contributed by atoms with van der Waals surface area (Å²) < 4.78 is 0. The minimum atomic E-state index is -0.649. The van der Waals surface area contributed by atoms with E-state index in [4.69, 9.17) is 5.73 Å². The van der Waals surface area contributed by atoms with Crippen LogP contribution >= 0.6 is 0 Å². The molecule has 0 aliphatic heterocycles. The number of nitrogens with two attached hydrogens (primary N) is 1. The Morgan fingerprint density at radius 2 is 1.74 bits per heavy atom. The quantitative estimate of drug-likeness (QED) is 0.576. The van der Waals surface area contributed by atoms with Crippen molar-refractivity contribution < 1.29 is 14.4 Å². The number of ketones is 1. The second kappa shape index (κ2) is 8.63. The zero-order valence-corrected chi connectivity index (χ0v) is 12.2. The molecule has 0 unspecified atom stereocenters. The number of rotatable bonds is 8. The summed E-state index contributed by atoms with van der Waals surface area (Å²) in [6.45, 7) is 7.08. The van der Waals surface area contributed by atoms with Crippen LogP contribution in [0.25, 0.3) is 0 Å². The smallest absolute Gasteiger partial charge is 0.242 e. The molecule has 0 fully saturated rings. The van der Waals surface area contributed by atoms with Crippen molar-refractivity contribution in [3.05, 3.63) is 0 Å². The standard InChI is InChI=1S/C13H25N3O3/c1-5-10(14)12(18)16-11(6-8(2)3)13(19)15-7-9(4)17/h8,10-11H,5-7,14H2,1-4H3,(H,15,19)(H,16,18)/t10-,11-/m0/s1. The van der Waals surface area contributed by atoms with Crippen LogP contribution in [0.15, 0.2) is 0 Å². The van der Waals surface area contributed by atoms with Crippen molar-refractivity contribution in [2.45, 2.75) is 52.6 Å². The number of amides is 2. The van der Waals surface area contributed by atoms with E-state index in [-0.39, 0.29) is 30.1 Å². The summed E-state index contributed by atoms with van der Waals surface area (Å²) in [7, 11) is 0. The van der Waals surface area contributed by atoms with E-state index in [2.05, 4.69) is 10.6 Å². The second-order valence-corrected chi connectivity index (χ2v) is 5.13. The first-order valence-corrected chi connectivity index (χ1v) is 6.61. The van der Waals surface area contributed by atoms with Crippen molar-refractivity contribution in [1.82, 2.24) is 10.6 Å². The van der Waals surface area contributed by atoms with Crippen molar-refractivity contribution in [3.63, 3.8) is 0 Å². The number of carbonyl (C=O) groups excluding carboxylic acids is 3. The fraction of sp³-hybridized carbons (Fsp3) is 0.769. The number of Topliss-reactive ketones (excluding diaryl/α,β-unsaturated/α-hetero) is 1. The Labute approximate surface area is 114 Å². The van der Waals surface area contributed by atoms with E-state index in [9.17, 15) is 14.4 Å². The Morgan fingerprint density at radius 1 is 1.16 bits per heavy atom. The predicted molar refractivity (Wildman–Crippen MR) is 73.3 cm³/mol. The highest BCUT2D eigenvalue weighted by molar-refractivity contribution is 5.91. The topological polar surface area (TPSA) is 101 Å². The van der Waals surface area contributed by atoms with Gasteiger partial charge >= 0.3 is 0 Å². The molecule has 110 valence electrons. The van der Waals surface area contributed by atoms with Crippen LogP contribution in [0.1, 0.15) is 40.5 Å². The van der Waals surface area contributed by atoms with Crippen molar-refractivity contribution in [1.29, 1.82) is 0 Å². The Bertz CT molecular complexity index is 329. The molecule has 0 aromatic carbocycles. The van der Waals surface area contributed by atoms with Crippen LogP contribution < -0.4 is 16.4 Å². The predicted octanol–water partition coefficient (Wildman–Crippen LogP) is -0.0402. The molecule has 2 atom stereocenters. The van der Waals surface area contributed by atoms with E-state index in [1.807, 2.05) is 13.8 Å². The summed E-state index contributed by atoms with van der Waals surface area (Å²) in [4.78, 5) is 34.5. The van der Waals surface area contributed by atoms with E-state index in [1.54, 1.807) is 6.92 Å². The van der Waals surface area contributed by atoms with Gasteiger partial charge < -0.3 is 16.4 Å². The van der Waals surface area contributed by atoms with Gasteiger partial charge in [-0.1, -0.05) is 20.8 Å². The van der Waals surface area contributed by atoms with Crippen LogP contribution in [0.5, 0.6) is 0 Å². The van der Waals surface area contributed by atoms with Gasteiger partial charge in [-0.05, 0) is 25.7 Å². The molecule has 0 bridgehead atoms. The van der Waals surface area contributed by atoms with E-state index >= 15 is 0 Å². The van der Waals surface area contributed by atoms with Crippen LogP contribution in [0, 0.1) is 5.92 Å². The lowest BCUT2D eigenvalue weighted by Crippen LogP contribution is -2.52. The molecule has 2 amide bonds. The van der Waals surface area contributed by atoms with Crippen molar-refractivity contribution in [2.75, 3.05) is 6.54 Å². The van der Waals surface area contributed by atoms with Crippen molar-refractivity contribution >= 4 is 17.6 Å². The van der Waals surface area contributed by atoms with Crippen LogP contribution in [-0.2, 0) is 14.4 Å². The zero-order valence-electron chi connectivity index (χ0n) is 12.2. The molecule has 0 aromatic rings. The number of hydrogen-bond acceptors (Lipinski definition) is 4.